The molecule has 17 nitrogen and oxygen atoms in total. The van der Waals surface area contributed by atoms with Gasteiger partial charge in [0.2, 0.25) is 5.91 Å². The van der Waals surface area contributed by atoms with E-state index in [1.54, 1.807) is 0 Å². The van der Waals surface area contributed by atoms with E-state index in [-0.39, 0.29) is 32.1 Å². The lowest BCUT2D eigenvalue weighted by atomic mass is 9.83. The van der Waals surface area contributed by atoms with Gasteiger partial charge < -0.3 is 83.2 Å². The fourth-order valence-corrected chi connectivity index (χ4v) is 5.34. The van der Waals surface area contributed by atoms with Crippen molar-refractivity contribution in [3.8, 4) is 0 Å². The van der Waals surface area contributed by atoms with Crippen molar-refractivity contribution < 1.29 is 54.4 Å². The third-order valence-electron chi connectivity index (χ3n) is 7.77. The molecule has 2 saturated heterocycles. The molecule has 1 saturated carbocycles. The predicted molar refractivity (Wildman–Crippen MR) is 142 cm³/mol. The largest absolute Gasteiger partial charge is 0.395 e. The molecule has 3 aliphatic rings. The fourth-order valence-electron chi connectivity index (χ4n) is 5.34. The number of rotatable bonds is 13. The molecule has 16 N–H and O–H groups in total. The Hall–Kier alpha value is -1.13. The zero-order valence-electron chi connectivity index (χ0n) is 23.0. The third-order valence-corrected chi connectivity index (χ3v) is 7.77. The van der Waals surface area contributed by atoms with E-state index in [2.05, 4.69) is 10.6 Å². The summed E-state index contributed by atoms with van der Waals surface area (Å²) in [5, 5.41) is 66.7. The quantitative estimate of drug-likeness (QED) is 0.0879. The van der Waals surface area contributed by atoms with Gasteiger partial charge in [-0.3, -0.25) is 4.79 Å². The first-order chi connectivity index (χ1) is 19.5. The summed E-state index contributed by atoms with van der Waals surface area (Å²) in [6.45, 7) is 0.247. The Kier molecular flexibility index (Phi) is 13.5. The molecular formula is C24H48N6O11. The number of carbonyl (C=O) groups is 1. The average molecular weight is 597 g/mol. The Morgan fingerprint density at radius 2 is 1.66 bits per heavy atom. The molecular weight excluding hydrogens is 548 g/mol. The molecule has 14 atom stereocenters. The number of carbonyl (C=O) groups excluding carboxylic acids is 1. The molecule has 0 aromatic rings. The van der Waals surface area contributed by atoms with Gasteiger partial charge in [-0.05, 0) is 32.2 Å². The van der Waals surface area contributed by atoms with Crippen molar-refractivity contribution in [2.75, 3.05) is 32.8 Å². The minimum atomic E-state index is -1.56. The van der Waals surface area contributed by atoms with Crippen LogP contribution in [-0.4, -0.2) is 155 Å². The highest BCUT2D eigenvalue weighted by molar-refractivity contribution is 5.80. The van der Waals surface area contributed by atoms with Gasteiger partial charge >= 0.3 is 0 Å². The summed E-state index contributed by atoms with van der Waals surface area (Å²) in [4.78, 5) is 12.6. The Labute approximate surface area is 238 Å². The number of amides is 1. The third kappa shape index (κ3) is 8.71. The first-order valence-electron chi connectivity index (χ1n) is 14.1. The number of nitrogens with two attached hydrogens (primary N) is 4. The summed E-state index contributed by atoms with van der Waals surface area (Å²) < 4.78 is 23.6. The number of hydrogen-bond acceptors (Lipinski definition) is 16. The first kappa shape index (κ1) is 34.4. The molecule has 1 aliphatic carbocycles. The second-order valence-electron chi connectivity index (χ2n) is 10.9. The molecule has 2 aliphatic heterocycles. The molecule has 3 fully saturated rings. The van der Waals surface area contributed by atoms with Crippen molar-refractivity contribution in [2.24, 2.45) is 22.9 Å². The molecule has 240 valence electrons. The van der Waals surface area contributed by atoms with Crippen LogP contribution in [-0.2, 0) is 23.7 Å². The average Bonchev–Trinajstić information content (AvgIpc) is 2.94. The number of nitrogens with one attached hydrogen (secondary N) is 2. The smallest absolute Gasteiger partial charge is 0.249 e. The van der Waals surface area contributed by atoms with Gasteiger partial charge in [0.25, 0.3) is 0 Å². The van der Waals surface area contributed by atoms with Gasteiger partial charge in [0.05, 0.1) is 37.4 Å². The maximum atomic E-state index is 12.6. The van der Waals surface area contributed by atoms with E-state index in [0.29, 0.717) is 25.9 Å². The summed E-state index contributed by atoms with van der Waals surface area (Å²) in [5.41, 5.74) is 24.0. The van der Waals surface area contributed by atoms with Crippen LogP contribution in [0.1, 0.15) is 25.7 Å². The van der Waals surface area contributed by atoms with Gasteiger partial charge in [-0.1, -0.05) is 0 Å². The molecule has 17 heteroatoms. The van der Waals surface area contributed by atoms with Gasteiger partial charge in [-0.2, -0.15) is 0 Å². The Morgan fingerprint density at radius 1 is 0.951 bits per heavy atom. The lowest BCUT2D eigenvalue weighted by molar-refractivity contribution is -0.314. The van der Waals surface area contributed by atoms with Crippen molar-refractivity contribution in [2.45, 2.75) is 111 Å². The van der Waals surface area contributed by atoms with Gasteiger partial charge in [0, 0.05) is 19.1 Å². The molecule has 0 bridgehead atoms. The highest BCUT2D eigenvalue weighted by Gasteiger charge is 2.51. The number of aliphatic hydroxyl groups excluding tert-OH is 6. The summed E-state index contributed by atoms with van der Waals surface area (Å²) >= 11 is 0. The van der Waals surface area contributed by atoms with E-state index in [9.17, 15) is 30.3 Å². The summed E-state index contributed by atoms with van der Waals surface area (Å²) in [7, 11) is 0. The van der Waals surface area contributed by atoms with Crippen molar-refractivity contribution in [1.29, 1.82) is 0 Å². The molecule has 0 aromatic carbocycles. The maximum Gasteiger partial charge on any atom is 0.249 e. The van der Waals surface area contributed by atoms with E-state index in [1.807, 2.05) is 0 Å². The highest BCUT2D eigenvalue weighted by atomic mass is 16.7. The second-order valence-corrected chi connectivity index (χ2v) is 10.9. The molecule has 2 heterocycles. The van der Waals surface area contributed by atoms with Crippen molar-refractivity contribution in [3.05, 3.63) is 0 Å². The van der Waals surface area contributed by atoms with Gasteiger partial charge in [-0.25, -0.2) is 0 Å². The van der Waals surface area contributed by atoms with E-state index in [4.69, 9.17) is 47.0 Å². The van der Waals surface area contributed by atoms with E-state index in [0.717, 1.165) is 0 Å². The number of aliphatic hydroxyl groups is 6. The fraction of sp³-hybridized carbons (Fsp3) is 0.958. The summed E-state index contributed by atoms with van der Waals surface area (Å²) in [6, 6.07) is -3.61. The van der Waals surface area contributed by atoms with Crippen LogP contribution in [0.3, 0.4) is 0 Å². The van der Waals surface area contributed by atoms with Crippen LogP contribution < -0.4 is 33.6 Å². The van der Waals surface area contributed by atoms with Crippen LogP contribution in [0, 0.1) is 0 Å². The maximum absolute atomic E-state index is 12.6. The van der Waals surface area contributed by atoms with E-state index >= 15 is 0 Å². The zero-order valence-corrected chi connectivity index (χ0v) is 23.0. The van der Waals surface area contributed by atoms with E-state index in [1.165, 1.54) is 0 Å². The van der Waals surface area contributed by atoms with Gasteiger partial charge in [0.1, 0.15) is 42.7 Å². The van der Waals surface area contributed by atoms with Crippen LogP contribution in [0.5, 0.6) is 0 Å². The summed E-state index contributed by atoms with van der Waals surface area (Å²) in [6.07, 6.45) is -11.0. The zero-order chi connectivity index (χ0) is 30.3. The predicted octanol–water partition coefficient (Wildman–Crippen LogP) is -6.78. The van der Waals surface area contributed by atoms with Crippen LogP contribution in [0.2, 0.25) is 0 Å². The lowest BCUT2D eigenvalue weighted by Gasteiger charge is -2.48. The van der Waals surface area contributed by atoms with Gasteiger partial charge in [0.15, 0.2) is 12.6 Å². The normalized spacial score (nSPS) is 42.5. The first-order valence-corrected chi connectivity index (χ1v) is 14.1. The highest BCUT2D eigenvalue weighted by Crippen LogP contribution is 2.31. The molecule has 1 unspecified atom stereocenters. The molecule has 0 aromatic heterocycles. The van der Waals surface area contributed by atoms with Crippen molar-refractivity contribution in [1.82, 2.24) is 10.6 Å². The molecule has 3 rings (SSSR count). The standard InChI is InChI=1S/C24H48N6O11/c25-4-3-14(33)22(37)30-13-7-12(27)20(40-23-11(26)2-1-10(38-23)8-29-5-6-31)19(36)21(13)41-24-18(35)16(28)17(34)15(9-32)39-24/h10-21,23-24,29,31-36H,1-9,25-28H2,(H,30,37)/t10-,11+,12-,13+,14-,15+,16-,17+,18+,19-,20?,21-,23+,24+/m0/s1. The van der Waals surface area contributed by atoms with Crippen LogP contribution >= 0.6 is 0 Å². The van der Waals surface area contributed by atoms with Crippen LogP contribution in [0.15, 0.2) is 0 Å². The van der Waals surface area contributed by atoms with Crippen LogP contribution in [0.25, 0.3) is 0 Å². The summed E-state index contributed by atoms with van der Waals surface area (Å²) in [5.74, 6) is -0.769. The molecule has 0 spiro atoms. The van der Waals surface area contributed by atoms with Gasteiger partial charge in [-0.15, -0.1) is 0 Å². The topological polar surface area (TPSA) is 304 Å². The molecule has 41 heavy (non-hydrogen) atoms. The number of ether oxygens (including phenoxy) is 4. The van der Waals surface area contributed by atoms with Crippen molar-refractivity contribution >= 4 is 5.91 Å². The SMILES string of the molecule is NCC[C@H](O)C(=O)N[C@@H]1C[C@H](N)C(O[C@H]2O[C@H](CNCCO)CC[C@H]2N)[C@H](O)[C@H]1O[C@H]1O[C@H](CO)[C@@H](O)[C@H](N)[C@H]1O. The lowest BCUT2D eigenvalue weighted by Crippen LogP contribution is -2.69. The minimum Gasteiger partial charge on any atom is -0.395 e. The molecule has 1 amide bonds. The molecule has 0 radical (unpaired) electrons. The monoisotopic (exact) mass is 596 g/mol. The van der Waals surface area contributed by atoms with Crippen molar-refractivity contribution in [3.63, 3.8) is 0 Å². The number of hydrogen-bond donors (Lipinski definition) is 12. The second kappa shape index (κ2) is 16.1. The Bertz CT molecular complexity index is 803. The minimum absolute atomic E-state index is 0.00890. The Balaban J connectivity index is 1.79. The Morgan fingerprint density at radius 3 is 2.32 bits per heavy atom. The van der Waals surface area contributed by atoms with E-state index < -0.39 is 92.0 Å². The van der Waals surface area contributed by atoms with Crippen LogP contribution in [0.4, 0.5) is 0 Å².